The fourth-order valence-corrected chi connectivity index (χ4v) is 4.99. The third-order valence-corrected chi connectivity index (χ3v) is 6.91. The van der Waals surface area contributed by atoms with Crippen LogP contribution in [0.2, 0.25) is 0 Å². The molecule has 3 heterocycles. The summed E-state index contributed by atoms with van der Waals surface area (Å²) < 4.78 is 37.3. The van der Waals surface area contributed by atoms with Crippen LogP contribution in [-0.2, 0) is 29.4 Å². The molecule has 5 rings (SSSR count). The van der Waals surface area contributed by atoms with E-state index < -0.39 is 10.0 Å². The molecule has 0 amide bonds. The van der Waals surface area contributed by atoms with Gasteiger partial charge in [-0.25, -0.2) is 17.7 Å². The van der Waals surface area contributed by atoms with Crippen LogP contribution >= 0.6 is 0 Å². The van der Waals surface area contributed by atoms with Crippen LogP contribution < -0.4 is 4.72 Å². The van der Waals surface area contributed by atoms with Gasteiger partial charge in [0.25, 0.3) is 0 Å². The number of hydrogen-bond acceptors (Lipinski definition) is 4. The number of aryl methyl sites for hydroxylation is 2. The van der Waals surface area contributed by atoms with Crippen molar-refractivity contribution >= 4 is 15.7 Å². The molecule has 29 heavy (non-hydrogen) atoms. The van der Waals surface area contributed by atoms with Gasteiger partial charge in [-0.3, -0.25) is 0 Å². The zero-order valence-corrected chi connectivity index (χ0v) is 16.7. The highest BCUT2D eigenvalue weighted by molar-refractivity contribution is 7.89. The maximum atomic E-state index is 12.7. The Morgan fingerprint density at radius 2 is 1.93 bits per heavy atom. The van der Waals surface area contributed by atoms with Crippen LogP contribution in [0.5, 0.6) is 0 Å². The maximum absolute atomic E-state index is 12.7. The minimum atomic E-state index is -3.53. The van der Waals surface area contributed by atoms with Crippen LogP contribution in [0, 0.1) is 0 Å². The topological polar surface area (TPSA) is 81.5 Å². The Hall–Kier alpha value is -2.84. The lowest BCUT2D eigenvalue weighted by Gasteiger charge is -2.16. The Labute approximate surface area is 169 Å². The number of nitrogens with one attached hydrogen (secondary N) is 1. The van der Waals surface area contributed by atoms with Crippen molar-refractivity contribution in [2.75, 3.05) is 6.54 Å². The second-order valence-corrected chi connectivity index (χ2v) is 9.10. The van der Waals surface area contributed by atoms with E-state index >= 15 is 0 Å². The molecule has 1 N–H and O–H groups in total. The summed E-state index contributed by atoms with van der Waals surface area (Å²) in [5.41, 5.74) is 4.06. The molecule has 1 aromatic carbocycles. The predicted molar refractivity (Wildman–Crippen MR) is 109 cm³/mol. The minimum Gasteiger partial charge on any atom is -0.463 e. The van der Waals surface area contributed by atoms with Crippen molar-refractivity contribution in [2.45, 2.75) is 37.1 Å². The number of sulfonamides is 1. The molecular formula is C21H22N4O3S. The van der Waals surface area contributed by atoms with Crippen LogP contribution in [0.15, 0.2) is 64.4 Å². The molecule has 0 saturated carbocycles. The molecule has 0 unspecified atom stereocenters. The predicted octanol–water partition coefficient (Wildman–Crippen LogP) is 3.25. The van der Waals surface area contributed by atoms with Gasteiger partial charge in [0, 0.05) is 31.5 Å². The van der Waals surface area contributed by atoms with Gasteiger partial charge in [-0.15, -0.1) is 0 Å². The van der Waals surface area contributed by atoms with Crippen LogP contribution in [0.3, 0.4) is 0 Å². The summed E-state index contributed by atoms with van der Waals surface area (Å²) in [4.78, 5) is 0.347. The summed E-state index contributed by atoms with van der Waals surface area (Å²) in [6, 6.07) is 11.1. The van der Waals surface area contributed by atoms with E-state index in [2.05, 4.69) is 9.82 Å². The molecule has 0 radical (unpaired) electrons. The first-order valence-corrected chi connectivity index (χ1v) is 11.3. The molecule has 1 aliphatic rings. The summed E-state index contributed by atoms with van der Waals surface area (Å²) >= 11 is 0. The zero-order chi connectivity index (χ0) is 19.8. The third kappa shape index (κ3) is 3.49. The van der Waals surface area contributed by atoms with Crippen molar-refractivity contribution in [1.29, 1.82) is 0 Å². The van der Waals surface area contributed by atoms with Crippen LogP contribution in [0.1, 0.15) is 24.0 Å². The van der Waals surface area contributed by atoms with Gasteiger partial charge < -0.3 is 8.98 Å². The van der Waals surface area contributed by atoms with Gasteiger partial charge in [0.2, 0.25) is 10.0 Å². The standard InChI is InChI=1S/C21H22N4O3S/c26-29(27,18-8-7-16-4-1-2-5-17(16)14-18)22-9-10-24-11-12-25-21(24)15-19(23-25)20-6-3-13-28-20/h3,6-8,11-15,22H,1-2,4-5,9-10H2. The van der Waals surface area contributed by atoms with E-state index in [0.717, 1.165) is 36.2 Å². The highest BCUT2D eigenvalue weighted by Gasteiger charge is 2.18. The summed E-state index contributed by atoms with van der Waals surface area (Å²) in [5.74, 6) is 0.702. The summed E-state index contributed by atoms with van der Waals surface area (Å²) in [5, 5.41) is 4.48. The first kappa shape index (κ1) is 18.2. The number of furan rings is 1. The van der Waals surface area contributed by atoms with Crippen LogP contribution in [0.25, 0.3) is 17.1 Å². The van der Waals surface area contributed by atoms with Gasteiger partial charge >= 0.3 is 0 Å². The fourth-order valence-electron chi connectivity index (χ4n) is 3.92. The van der Waals surface area contributed by atoms with Gasteiger partial charge in [0.1, 0.15) is 11.3 Å². The van der Waals surface area contributed by atoms with E-state index in [0.29, 0.717) is 23.7 Å². The van der Waals surface area contributed by atoms with Gasteiger partial charge in [-0.05, 0) is 61.1 Å². The Bertz CT molecular complexity index is 1250. The summed E-state index contributed by atoms with van der Waals surface area (Å²) in [7, 11) is -3.53. The molecule has 1 aliphatic carbocycles. The van der Waals surface area contributed by atoms with Crippen LogP contribution in [0.4, 0.5) is 0 Å². The molecule has 0 spiro atoms. The summed E-state index contributed by atoms with van der Waals surface area (Å²) in [6.07, 6.45) is 9.65. The van der Waals surface area contributed by atoms with Crippen LogP contribution in [-0.4, -0.2) is 29.1 Å². The Morgan fingerprint density at radius 3 is 2.76 bits per heavy atom. The van der Waals surface area contributed by atoms with Crippen molar-refractivity contribution < 1.29 is 12.8 Å². The normalized spacial score (nSPS) is 14.3. The first-order valence-electron chi connectivity index (χ1n) is 9.80. The van der Waals surface area contributed by atoms with Crippen molar-refractivity contribution in [2.24, 2.45) is 0 Å². The highest BCUT2D eigenvalue weighted by Crippen LogP contribution is 2.24. The Kier molecular flexibility index (Phi) is 4.52. The summed E-state index contributed by atoms with van der Waals surface area (Å²) in [6.45, 7) is 0.801. The third-order valence-electron chi connectivity index (χ3n) is 5.45. The number of hydrogen-bond donors (Lipinski definition) is 1. The Morgan fingerprint density at radius 1 is 1.07 bits per heavy atom. The molecule has 0 atom stereocenters. The lowest BCUT2D eigenvalue weighted by atomic mass is 9.92. The van der Waals surface area contributed by atoms with Gasteiger partial charge in [-0.2, -0.15) is 5.10 Å². The first-order chi connectivity index (χ1) is 14.1. The molecule has 4 aromatic rings. The fraction of sp³-hybridized carbons (Fsp3) is 0.286. The van der Waals surface area contributed by atoms with E-state index in [4.69, 9.17) is 4.42 Å². The van der Waals surface area contributed by atoms with Gasteiger partial charge in [0.05, 0.1) is 11.2 Å². The monoisotopic (exact) mass is 410 g/mol. The van der Waals surface area contributed by atoms with Gasteiger partial charge in [0.15, 0.2) is 5.76 Å². The maximum Gasteiger partial charge on any atom is 0.240 e. The molecular weight excluding hydrogens is 388 g/mol. The largest absolute Gasteiger partial charge is 0.463 e. The zero-order valence-electron chi connectivity index (χ0n) is 15.9. The van der Waals surface area contributed by atoms with Crippen molar-refractivity contribution in [3.05, 3.63) is 66.2 Å². The van der Waals surface area contributed by atoms with Crippen molar-refractivity contribution in [3.63, 3.8) is 0 Å². The number of fused-ring (bicyclic) bond motifs is 2. The van der Waals surface area contributed by atoms with Gasteiger partial charge in [-0.1, -0.05) is 6.07 Å². The molecule has 0 aliphatic heterocycles. The lowest BCUT2D eigenvalue weighted by molar-refractivity contribution is 0.573. The molecule has 0 fully saturated rings. The SMILES string of the molecule is O=S(=O)(NCCn1ccn2nc(-c3ccco3)cc12)c1ccc2c(c1)CCCC2. The number of nitrogens with zero attached hydrogens (tertiary/aromatic N) is 3. The average molecular weight is 410 g/mol. The van der Waals surface area contributed by atoms with Crippen molar-refractivity contribution in [3.8, 4) is 11.5 Å². The highest BCUT2D eigenvalue weighted by atomic mass is 32.2. The lowest BCUT2D eigenvalue weighted by Crippen LogP contribution is -2.27. The number of aromatic nitrogens is 3. The minimum absolute atomic E-state index is 0.297. The van der Waals surface area contributed by atoms with E-state index in [9.17, 15) is 8.42 Å². The molecule has 7 nitrogen and oxygen atoms in total. The van der Waals surface area contributed by atoms with Crippen molar-refractivity contribution in [1.82, 2.24) is 18.9 Å². The molecule has 150 valence electrons. The van der Waals surface area contributed by atoms with E-state index in [1.165, 1.54) is 12.0 Å². The molecule has 8 heteroatoms. The average Bonchev–Trinajstić information content (AvgIpc) is 3.45. The van der Waals surface area contributed by atoms with E-state index in [1.807, 2.05) is 47.3 Å². The van der Waals surface area contributed by atoms with E-state index in [-0.39, 0.29) is 0 Å². The number of benzene rings is 1. The van der Waals surface area contributed by atoms with E-state index in [1.54, 1.807) is 16.8 Å². The number of imidazole rings is 1. The second kappa shape index (κ2) is 7.20. The number of rotatable bonds is 6. The quantitative estimate of drug-likeness (QED) is 0.529. The second-order valence-electron chi connectivity index (χ2n) is 7.34. The Balaban J connectivity index is 1.29. The molecule has 3 aromatic heterocycles. The smallest absolute Gasteiger partial charge is 0.240 e. The molecule has 0 saturated heterocycles. The molecule has 0 bridgehead atoms.